The summed E-state index contributed by atoms with van der Waals surface area (Å²) in [6.45, 7) is 12.7. The maximum absolute atomic E-state index is 13.9. The Bertz CT molecular complexity index is 1230. The summed E-state index contributed by atoms with van der Waals surface area (Å²) in [6.07, 6.45) is 1.43. The maximum atomic E-state index is 13.9. The van der Waals surface area contributed by atoms with Crippen LogP contribution in [-0.4, -0.2) is 39.7 Å². The number of hydrogen-bond donors (Lipinski definition) is 1. The van der Waals surface area contributed by atoms with Crippen LogP contribution in [0.2, 0.25) is 0 Å². The number of ether oxygens (including phenoxy) is 1. The van der Waals surface area contributed by atoms with Crippen molar-refractivity contribution in [3.05, 3.63) is 64.7 Å². The second kappa shape index (κ2) is 10.9. The van der Waals surface area contributed by atoms with E-state index in [9.17, 15) is 9.59 Å². The summed E-state index contributed by atoms with van der Waals surface area (Å²) in [5.74, 6) is 1.50. The van der Waals surface area contributed by atoms with Gasteiger partial charge in [0.25, 0.3) is 5.56 Å². The van der Waals surface area contributed by atoms with Crippen LogP contribution in [0.1, 0.15) is 66.3 Å². The third kappa shape index (κ3) is 6.02. The number of urea groups is 1. The number of carbonyl (C=O) groups is 1. The highest BCUT2D eigenvalue weighted by Gasteiger charge is 2.31. The van der Waals surface area contributed by atoms with Crippen LogP contribution >= 0.6 is 0 Å². The fraction of sp³-hybridized carbons (Fsp3) is 0.464. The summed E-state index contributed by atoms with van der Waals surface area (Å²) in [6, 6.07) is 14.1. The lowest BCUT2D eigenvalue weighted by Gasteiger charge is -2.35. The second-order valence-corrected chi connectivity index (χ2v) is 10.3. The smallest absolute Gasteiger partial charge is 0.318 e. The Morgan fingerprint density at radius 2 is 1.77 bits per heavy atom. The molecule has 0 aliphatic heterocycles. The second-order valence-electron chi connectivity index (χ2n) is 10.3. The minimum atomic E-state index is -0.418. The van der Waals surface area contributed by atoms with Gasteiger partial charge in [-0.2, -0.15) is 0 Å². The number of fused-ring (bicyclic) bond motifs is 1. The summed E-state index contributed by atoms with van der Waals surface area (Å²) in [4.78, 5) is 34.2. The fourth-order valence-electron chi connectivity index (χ4n) is 4.15. The predicted molar refractivity (Wildman–Crippen MR) is 141 cm³/mol. The van der Waals surface area contributed by atoms with Crippen LogP contribution in [0.15, 0.2) is 53.3 Å². The highest BCUT2D eigenvalue weighted by molar-refractivity contribution is 5.79. The van der Waals surface area contributed by atoms with E-state index in [0.29, 0.717) is 47.0 Å². The number of nitrogens with zero attached hydrogens (tertiary/aromatic N) is 3. The van der Waals surface area contributed by atoms with E-state index in [2.05, 4.69) is 19.2 Å². The zero-order chi connectivity index (χ0) is 25.8. The first-order valence-corrected chi connectivity index (χ1v) is 12.3. The van der Waals surface area contributed by atoms with Crippen molar-refractivity contribution < 1.29 is 9.53 Å². The summed E-state index contributed by atoms with van der Waals surface area (Å²) in [5.41, 5.74) is 0.627. The number of carbonyl (C=O) groups excluding carboxylic acids is 1. The SMILES string of the molecule is CCC(c1nc2ccccc2c(=O)n1-c1ccccc1OC)N(CCC(C)C)C(=O)NC(C)(C)C. The van der Waals surface area contributed by atoms with Crippen LogP contribution in [0.4, 0.5) is 4.79 Å². The zero-order valence-corrected chi connectivity index (χ0v) is 22.0. The van der Waals surface area contributed by atoms with E-state index in [4.69, 9.17) is 9.72 Å². The molecule has 0 saturated heterocycles. The van der Waals surface area contributed by atoms with Crippen LogP contribution in [0, 0.1) is 5.92 Å². The minimum Gasteiger partial charge on any atom is -0.495 e. The number of nitrogens with one attached hydrogen (secondary N) is 1. The van der Waals surface area contributed by atoms with Gasteiger partial charge in [0.1, 0.15) is 11.6 Å². The molecule has 35 heavy (non-hydrogen) atoms. The molecule has 0 aliphatic carbocycles. The third-order valence-corrected chi connectivity index (χ3v) is 5.88. The number of hydrogen-bond acceptors (Lipinski definition) is 4. The molecular formula is C28H38N4O3. The van der Waals surface area contributed by atoms with Crippen LogP contribution in [0.5, 0.6) is 5.75 Å². The van der Waals surface area contributed by atoms with Crippen LogP contribution in [-0.2, 0) is 0 Å². The van der Waals surface area contributed by atoms with Crippen molar-refractivity contribution in [1.82, 2.24) is 19.8 Å². The number of methoxy groups -OCH3 is 1. The molecule has 1 atom stereocenters. The van der Waals surface area contributed by atoms with E-state index in [0.717, 1.165) is 6.42 Å². The van der Waals surface area contributed by atoms with Crippen molar-refractivity contribution in [1.29, 1.82) is 0 Å². The van der Waals surface area contributed by atoms with Gasteiger partial charge in [0.15, 0.2) is 0 Å². The van der Waals surface area contributed by atoms with E-state index in [-0.39, 0.29) is 11.6 Å². The molecule has 1 aromatic heterocycles. The molecule has 1 heterocycles. The molecule has 2 amide bonds. The topological polar surface area (TPSA) is 76.5 Å². The van der Waals surface area contributed by atoms with Crippen LogP contribution < -0.4 is 15.6 Å². The Kier molecular flexibility index (Phi) is 8.20. The molecule has 188 valence electrons. The third-order valence-electron chi connectivity index (χ3n) is 5.88. The van der Waals surface area contributed by atoms with Gasteiger partial charge >= 0.3 is 6.03 Å². The van der Waals surface area contributed by atoms with Gasteiger partial charge in [-0.15, -0.1) is 0 Å². The molecule has 7 heteroatoms. The van der Waals surface area contributed by atoms with Crippen LogP contribution in [0.3, 0.4) is 0 Å². The lowest BCUT2D eigenvalue weighted by Crippen LogP contribution is -2.50. The van der Waals surface area contributed by atoms with E-state index in [1.165, 1.54) is 0 Å². The van der Waals surface area contributed by atoms with Gasteiger partial charge in [0.05, 0.1) is 29.7 Å². The molecule has 0 saturated carbocycles. The van der Waals surface area contributed by atoms with Crippen molar-refractivity contribution in [3.63, 3.8) is 0 Å². The molecular weight excluding hydrogens is 440 g/mol. The van der Waals surface area contributed by atoms with Gasteiger partial charge in [-0.05, 0) is 63.8 Å². The van der Waals surface area contributed by atoms with E-state index in [1.54, 1.807) is 17.7 Å². The fourth-order valence-corrected chi connectivity index (χ4v) is 4.15. The van der Waals surface area contributed by atoms with Crippen molar-refractivity contribution >= 4 is 16.9 Å². The maximum Gasteiger partial charge on any atom is 0.318 e. The number of aromatic nitrogens is 2. The molecule has 1 unspecified atom stereocenters. The quantitative estimate of drug-likeness (QED) is 0.450. The number of para-hydroxylation sites is 3. The van der Waals surface area contributed by atoms with Gasteiger partial charge in [0.2, 0.25) is 0 Å². The van der Waals surface area contributed by atoms with E-state index in [1.807, 2.05) is 75.1 Å². The largest absolute Gasteiger partial charge is 0.495 e. The lowest BCUT2D eigenvalue weighted by atomic mass is 10.1. The number of amides is 2. The lowest BCUT2D eigenvalue weighted by molar-refractivity contribution is 0.156. The van der Waals surface area contributed by atoms with Crippen molar-refractivity contribution in [3.8, 4) is 11.4 Å². The molecule has 0 bridgehead atoms. The highest BCUT2D eigenvalue weighted by Crippen LogP contribution is 2.30. The standard InChI is InChI=1S/C28H38N4O3/c1-8-22(31(18-17-19(2)3)27(34)30-28(4,5)6)25-29-21-14-10-9-13-20(21)26(33)32(25)23-15-11-12-16-24(23)35-7/h9-16,19,22H,8,17-18H2,1-7H3,(H,30,34). The Morgan fingerprint density at radius 3 is 2.40 bits per heavy atom. The monoisotopic (exact) mass is 478 g/mol. The number of benzene rings is 2. The highest BCUT2D eigenvalue weighted by atomic mass is 16.5. The Morgan fingerprint density at radius 1 is 1.11 bits per heavy atom. The van der Waals surface area contributed by atoms with Crippen molar-refractivity contribution in [2.45, 2.75) is 66.0 Å². The van der Waals surface area contributed by atoms with Gasteiger partial charge in [-0.1, -0.05) is 45.0 Å². The van der Waals surface area contributed by atoms with Gasteiger partial charge in [-0.3, -0.25) is 9.36 Å². The number of rotatable bonds is 8. The summed E-state index contributed by atoms with van der Waals surface area (Å²) in [7, 11) is 1.58. The van der Waals surface area contributed by atoms with E-state index >= 15 is 0 Å². The average molecular weight is 479 g/mol. The normalized spacial score (nSPS) is 12.6. The van der Waals surface area contributed by atoms with Crippen molar-refractivity contribution in [2.75, 3.05) is 13.7 Å². The van der Waals surface area contributed by atoms with Crippen LogP contribution in [0.25, 0.3) is 16.6 Å². The molecule has 0 aliphatic rings. The molecule has 3 aromatic rings. The van der Waals surface area contributed by atoms with Gasteiger partial charge in [0, 0.05) is 12.1 Å². The molecule has 0 fully saturated rings. The summed E-state index contributed by atoms with van der Waals surface area (Å²) >= 11 is 0. The molecule has 0 spiro atoms. The Hall–Kier alpha value is -3.35. The molecule has 2 aromatic carbocycles. The van der Waals surface area contributed by atoms with E-state index < -0.39 is 11.6 Å². The zero-order valence-electron chi connectivity index (χ0n) is 22.0. The minimum absolute atomic E-state index is 0.168. The average Bonchev–Trinajstić information content (AvgIpc) is 2.80. The molecule has 3 rings (SSSR count). The Balaban J connectivity index is 2.29. The summed E-state index contributed by atoms with van der Waals surface area (Å²) in [5, 5.41) is 3.63. The summed E-state index contributed by atoms with van der Waals surface area (Å²) < 4.78 is 7.22. The first kappa shape index (κ1) is 26.3. The molecule has 0 radical (unpaired) electrons. The van der Waals surface area contributed by atoms with Gasteiger partial charge < -0.3 is 15.0 Å². The first-order chi connectivity index (χ1) is 16.6. The van der Waals surface area contributed by atoms with Gasteiger partial charge in [-0.25, -0.2) is 9.78 Å². The molecule has 7 nitrogen and oxygen atoms in total. The predicted octanol–water partition coefficient (Wildman–Crippen LogP) is 5.70. The molecule has 1 N–H and O–H groups in total. The Labute approximate surface area is 208 Å². The van der Waals surface area contributed by atoms with Crippen molar-refractivity contribution in [2.24, 2.45) is 5.92 Å². The first-order valence-electron chi connectivity index (χ1n) is 12.3.